The van der Waals surface area contributed by atoms with Crippen LogP contribution in [0.4, 0.5) is 13.2 Å². The molecule has 1 amide bonds. The van der Waals surface area contributed by atoms with Gasteiger partial charge in [0.05, 0.1) is 0 Å². The molecule has 0 spiro atoms. The molecule has 2 atom stereocenters. The largest absolute Gasteiger partial charge is 0.446 e. The van der Waals surface area contributed by atoms with E-state index < -0.39 is 5.51 Å². The van der Waals surface area contributed by atoms with Crippen molar-refractivity contribution >= 4 is 30.1 Å². The molecule has 0 radical (unpaired) electrons. The fourth-order valence-corrected chi connectivity index (χ4v) is 2.88. The van der Waals surface area contributed by atoms with Gasteiger partial charge in [-0.25, -0.2) is 0 Å². The Kier molecular flexibility index (Phi) is 7.02. The number of benzene rings is 1. The number of amides is 1. The quantitative estimate of drug-likeness (QED) is 0.815. The van der Waals surface area contributed by atoms with Crippen molar-refractivity contribution in [3.05, 3.63) is 29.8 Å². The molecule has 1 fully saturated rings. The standard InChI is InChI=1S/C14H17F3N2OS.ClH/c1-9-8-11(6-7-18-9)19-13(20)10-2-4-12(5-3-10)21-14(15,16)17;/h2-5,9,11,18H,6-8H2,1H3,(H,19,20);1H. The third kappa shape index (κ3) is 6.06. The summed E-state index contributed by atoms with van der Waals surface area (Å²) in [5.74, 6) is -0.238. The van der Waals surface area contributed by atoms with Gasteiger partial charge in [0, 0.05) is 22.5 Å². The normalized spacial score (nSPS) is 21.8. The molecule has 1 saturated heterocycles. The fraction of sp³-hybridized carbons (Fsp3) is 0.500. The van der Waals surface area contributed by atoms with Crippen LogP contribution in [0.2, 0.25) is 0 Å². The summed E-state index contributed by atoms with van der Waals surface area (Å²) in [5.41, 5.74) is -3.93. The summed E-state index contributed by atoms with van der Waals surface area (Å²) < 4.78 is 36.7. The van der Waals surface area contributed by atoms with Crippen molar-refractivity contribution in [2.45, 2.75) is 42.3 Å². The third-order valence-corrected chi connectivity index (χ3v) is 4.05. The Morgan fingerprint density at radius 3 is 2.50 bits per heavy atom. The smallest absolute Gasteiger partial charge is 0.349 e. The second kappa shape index (κ2) is 8.08. The van der Waals surface area contributed by atoms with Gasteiger partial charge in [0.1, 0.15) is 0 Å². The van der Waals surface area contributed by atoms with Crippen LogP contribution in [-0.4, -0.2) is 30.0 Å². The molecule has 2 N–H and O–H groups in total. The maximum absolute atomic E-state index is 12.2. The van der Waals surface area contributed by atoms with Crippen LogP contribution in [0, 0.1) is 0 Å². The van der Waals surface area contributed by atoms with Crippen molar-refractivity contribution in [1.29, 1.82) is 0 Å². The van der Waals surface area contributed by atoms with Crippen LogP contribution in [0.5, 0.6) is 0 Å². The number of hydrogen-bond acceptors (Lipinski definition) is 3. The Morgan fingerprint density at radius 1 is 1.32 bits per heavy atom. The SMILES string of the molecule is CC1CC(NC(=O)c2ccc(SC(F)(F)F)cc2)CCN1.Cl. The van der Waals surface area contributed by atoms with Crippen molar-refractivity contribution in [3.8, 4) is 0 Å². The maximum atomic E-state index is 12.2. The Hall–Kier alpha value is -0.920. The highest BCUT2D eigenvalue weighted by Gasteiger charge is 2.29. The van der Waals surface area contributed by atoms with E-state index in [2.05, 4.69) is 17.6 Å². The molecule has 0 aromatic heterocycles. The predicted molar refractivity (Wildman–Crippen MR) is 83.6 cm³/mol. The number of halogens is 4. The average molecular weight is 355 g/mol. The molecule has 124 valence electrons. The lowest BCUT2D eigenvalue weighted by Gasteiger charge is -2.28. The van der Waals surface area contributed by atoms with Crippen molar-refractivity contribution < 1.29 is 18.0 Å². The zero-order chi connectivity index (χ0) is 15.5. The van der Waals surface area contributed by atoms with Crippen LogP contribution in [-0.2, 0) is 0 Å². The van der Waals surface area contributed by atoms with Crippen LogP contribution in [0.1, 0.15) is 30.1 Å². The molecule has 8 heteroatoms. The van der Waals surface area contributed by atoms with Crippen LogP contribution in [0.15, 0.2) is 29.2 Å². The molecule has 1 aliphatic heterocycles. The lowest BCUT2D eigenvalue weighted by molar-refractivity contribution is -0.0328. The highest BCUT2D eigenvalue weighted by Crippen LogP contribution is 2.36. The lowest BCUT2D eigenvalue weighted by atomic mass is 10.0. The molecule has 1 aromatic rings. The molecule has 3 nitrogen and oxygen atoms in total. The van der Waals surface area contributed by atoms with Gasteiger partial charge in [-0.1, -0.05) is 0 Å². The molecular formula is C14H18ClF3N2OS. The van der Waals surface area contributed by atoms with Gasteiger partial charge in [-0.2, -0.15) is 13.2 Å². The van der Waals surface area contributed by atoms with Crippen LogP contribution >= 0.6 is 24.2 Å². The molecule has 1 aliphatic rings. The number of hydrogen-bond donors (Lipinski definition) is 2. The molecule has 2 rings (SSSR count). The molecule has 0 aliphatic carbocycles. The first kappa shape index (κ1) is 19.1. The summed E-state index contributed by atoms with van der Waals surface area (Å²) in [7, 11) is 0. The first-order valence-corrected chi connectivity index (χ1v) is 7.55. The Morgan fingerprint density at radius 2 is 1.95 bits per heavy atom. The molecular weight excluding hydrogens is 337 g/mol. The summed E-state index contributed by atoms with van der Waals surface area (Å²) in [4.78, 5) is 12.1. The number of rotatable bonds is 3. The highest BCUT2D eigenvalue weighted by molar-refractivity contribution is 8.00. The Labute approximate surface area is 137 Å². The van der Waals surface area contributed by atoms with Crippen LogP contribution in [0.3, 0.4) is 0 Å². The van der Waals surface area contributed by atoms with Gasteiger partial charge in [0.2, 0.25) is 0 Å². The van der Waals surface area contributed by atoms with Gasteiger partial charge in [0.25, 0.3) is 5.91 Å². The van der Waals surface area contributed by atoms with Crippen LogP contribution in [0.25, 0.3) is 0 Å². The van der Waals surface area contributed by atoms with Gasteiger partial charge < -0.3 is 10.6 Å². The molecule has 1 heterocycles. The van der Waals surface area contributed by atoms with E-state index in [9.17, 15) is 18.0 Å². The van der Waals surface area contributed by atoms with Crippen molar-refractivity contribution in [1.82, 2.24) is 10.6 Å². The topological polar surface area (TPSA) is 41.1 Å². The predicted octanol–water partition coefficient (Wildman–Crippen LogP) is 3.59. The summed E-state index contributed by atoms with van der Waals surface area (Å²) >= 11 is -0.183. The Bertz CT molecular complexity index is 496. The highest BCUT2D eigenvalue weighted by atomic mass is 35.5. The second-order valence-corrected chi connectivity index (χ2v) is 6.26. The molecule has 2 unspecified atom stereocenters. The second-order valence-electron chi connectivity index (χ2n) is 5.12. The molecule has 0 saturated carbocycles. The van der Waals surface area contributed by atoms with Crippen molar-refractivity contribution in [2.24, 2.45) is 0 Å². The molecule has 1 aromatic carbocycles. The number of carbonyl (C=O) groups excluding carboxylic acids is 1. The van der Waals surface area contributed by atoms with Gasteiger partial charge in [-0.3, -0.25) is 4.79 Å². The minimum absolute atomic E-state index is 0. The fourth-order valence-electron chi connectivity index (χ4n) is 2.34. The van der Waals surface area contributed by atoms with E-state index >= 15 is 0 Å². The first-order valence-electron chi connectivity index (χ1n) is 6.73. The monoisotopic (exact) mass is 354 g/mol. The Balaban J connectivity index is 0.00000242. The number of carbonyl (C=O) groups is 1. The zero-order valence-corrected chi connectivity index (χ0v) is 13.6. The van der Waals surface area contributed by atoms with Gasteiger partial charge in [-0.15, -0.1) is 12.4 Å². The van der Waals surface area contributed by atoms with E-state index in [0.29, 0.717) is 11.6 Å². The van der Waals surface area contributed by atoms with E-state index in [1.54, 1.807) is 0 Å². The first-order chi connectivity index (χ1) is 9.83. The van der Waals surface area contributed by atoms with Crippen molar-refractivity contribution in [3.63, 3.8) is 0 Å². The van der Waals surface area contributed by atoms with Gasteiger partial charge in [-0.05, 0) is 62.3 Å². The van der Waals surface area contributed by atoms with E-state index in [1.165, 1.54) is 24.3 Å². The molecule has 22 heavy (non-hydrogen) atoms. The summed E-state index contributed by atoms with van der Waals surface area (Å²) in [6, 6.07) is 5.95. The zero-order valence-electron chi connectivity index (χ0n) is 11.9. The van der Waals surface area contributed by atoms with Crippen molar-refractivity contribution in [2.75, 3.05) is 6.54 Å². The number of thioether (sulfide) groups is 1. The molecule has 0 bridgehead atoms. The lowest BCUT2D eigenvalue weighted by Crippen LogP contribution is -2.46. The number of nitrogens with one attached hydrogen (secondary N) is 2. The average Bonchev–Trinajstić information content (AvgIpc) is 2.37. The summed E-state index contributed by atoms with van der Waals surface area (Å²) in [5, 5.41) is 6.22. The van der Waals surface area contributed by atoms with Gasteiger partial charge in [0.15, 0.2) is 0 Å². The van der Waals surface area contributed by atoms with E-state index in [1.807, 2.05) is 0 Å². The number of alkyl halides is 3. The van der Waals surface area contributed by atoms with Gasteiger partial charge >= 0.3 is 5.51 Å². The minimum atomic E-state index is -4.31. The summed E-state index contributed by atoms with van der Waals surface area (Å²) in [6.45, 7) is 2.91. The van der Waals surface area contributed by atoms with Crippen LogP contribution < -0.4 is 10.6 Å². The third-order valence-electron chi connectivity index (χ3n) is 3.31. The minimum Gasteiger partial charge on any atom is -0.349 e. The summed E-state index contributed by atoms with van der Waals surface area (Å²) in [6.07, 6.45) is 1.71. The number of piperidine rings is 1. The maximum Gasteiger partial charge on any atom is 0.446 e. The van der Waals surface area contributed by atoms with E-state index in [4.69, 9.17) is 0 Å². The van der Waals surface area contributed by atoms with E-state index in [0.717, 1.165) is 19.4 Å². The van der Waals surface area contributed by atoms with E-state index in [-0.39, 0.29) is 41.0 Å².